The van der Waals surface area contributed by atoms with Gasteiger partial charge in [-0.2, -0.15) is 0 Å². The van der Waals surface area contributed by atoms with E-state index in [2.05, 4.69) is 25.8 Å². The van der Waals surface area contributed by atoms with Gasteiger partial charge in [0.05, 0.1) is 12.1 Å². The molecule has 1 aromatic heterocycles. The fourth-order valence-corrected chi connectivity index (χ4v) is 3.29. The molecule has 1 aliphatic rings. The number of phenolic OH excluding ortho intramolecular Hbond substituents is 1. The zero-order valence-electron chi connectivity index (χ0n) is 15.2. The first-order valence-electron chi connectivity index (χ1n) is 8.83. The molecule has 2 heterocycles. The van der Waals surface area contributed by atoms with Gasteiger partial charge < -0.3 is 14.4 Å². The average Bonchev–Trinajstić information content (AvgIpc) is 3.05. The van der Waals surface area contributed by atoms with Crippen LogP contribution in [0.4, 0.5) is 0 Å². The highest BCUT2D eigenvalue weighted by molar-refractivity contribution is 6.03. The molecule has 0 aliphatic carbocycles. The largest absolute Gasteiger partial charge is 0.506 e. The summed E-state index contributed by atoms with van der Waals surface area (Å²) in [4.78, 5) is 19.3. The molecule has 0 spiro atoms. The van der Waals surface area contributed by atoms with Gasteiger partial charge in [0.2, 0.25) is 0 Å². The summed E-state index contributed by atoms with van der Waals surface area (Å²) in [5, 5.41) is 12.2. The first-order chi connectivity index (χ1) is 12.3. The van der Waals surface area contributed by atoms with Crippen molar-refractivity contribution in [1.29, 1.82) is 0 Å². The normalized spacial score (nSPS) is 14.5. The van der Waals surface area contributed by atoms with Crippen LogP contribution < -0.4 is 0 Å². The number of carbonyl (C=O) groups is 1. The van der Waals surface area contributed by atoms with Gasteiger partial charge in [0.25, 0.3) is 5.91 Å². The Bertz CT molecular complexity index is 998. The van der Waals surface area contributed by atoms with Crippen molar-refractivity contribution in [1.82, 2.24) is 9.88 Å². The molecule has 0 unspecified atom stereocenters. The van der Waals surface area contributed by atoms with Gasteiger partial charge >= 0.3 is 0 Å². The van der Waals surface area contributed by atoms with Gasteiger partial charge in [-0.3, -0.25) is 4.79 Å². The first kappa shape index (κ1) is 16.6. The van der Waals surface area contributed by atoms with Gasteiger partial charge in [-0.25, -0.2) is 4.98 Å². The van der Waals surface area contributed by atoms with Crippen molar-refractivity contribution in [2.24, 2.45) is 0 Å². The van der Waals surface area contributed by atoms with Crippen LogP contribution in [0.3, 0.4) is 0 Å². The molecule has 4 rings (SSSR count). The van der Waals surface area contributed by atoms with Crippen molar-refractivity contribution in [2.75, 3.05) is 6.54 Å². The van der Waals surface area contributed by atoms with Crippen molar-refractivity contribution in [3.63, 3.8) is 0 Å². The van der Waals surface area contributed by atoms with Gasteiger partial charge in [0.1, 0.15) is 17.2 Å². The SMILES string of the molecule is CC(C)(C)c1nc2c(o1)CCN(C(=O)c1ccc3ccccc3c1O)C2. The number of hydrogen-bond donors (Lipinski definition) is 1. The number of carbonyl (C=O) groups excluding carboxylic acids is 1. The minimum atomic E-state index is -0.181. The Kier molecular flexibility index (Phi) is 3.75. The van der Waals surface area contributed by atoms with E-state index in [9.17, 15) is 9.90 Å². The van der Waals surface area contributed by atoms with E-state index < -0.39 is 0 Å². The summed E-state index contributed by atoms with van der Waals surface area (Å²) in [7, 11) is 0. The molecule has 0 saturated heterocycles. The van der Waals surface area contributed by atoms with Crippen molar-refractivity contribution >= 4 is 16.7 Å². The van der Waals surface area contributed by atoms with Crippen molar-refractivity contribution in [3.05, 3.63) is 59.3 Å². The molecule has 0 fully saturated rings. The molecule has 1 N–H and O–H groups in total. The Morgan fingerprint density at radius 2 is 1.96 bits per heavy atom. The number of oxazole rings is 1. The molecule has 2 aromatic carbocycles. The Balaban J connectivity index is 1.64. The lowest BCUT2D eigenvalue weighted by atomic mass is 9.97. The average molecular weight is 350 g/mol. The minimum Gasteiger partial charge on any atom is -0.506 e. The van der Waals surface area contributed by atoms with Crippen LogP contribution in [0.5, 0.6) is 5.75 Å². The Morgan fingerprint density at radius 3 is 2.73 bits per heavy atom. The smallest absolute Gasteiger partial charge is 0.258 e. The predicted octanol–water partition coefficient (Wildman–Crippen LogP) is 4.03. The molecule has 0 bridgehead atoms. The Labute approximate surface area is 152 Å². The molecule has 26 heavy (non-hydrogen) atoms. The summed E-state index contributed by atoms with van der Waals surface area (Å²) >= 11 is 0. The van der Waals surface area contributed by atoms with Crippen LogP contribution in [0.2, 0.25) is 0 Å². The molecule has 5 heteroatoms. The third kappa shape index (κ3) is 2.73. The quantitative estimate of drug-likeness (QED) is 0.719. The van der Waals surface area contributed by atoms with Gasteiger partial charge in [0.15, 0.2) is 5.89 Å². The van der Waals surface area contributed by atoms with Crippen molar-refractivity contribution in [2.45, 2.75) is 39.2 Å². The summed E-state index contributed by atoms with van der Waals surface area (Å²) in [6, 6.07) is 11.1. The monoisotopic (exact) mass is 350 g/mol. The van der Waals surface area contributed by atoms with Crippen LogP contribution in [0.25, 0.3) is 10.8 Å². The van der Waals surface area contributed by atoms with Crippen LogP contribution >= 0.6 is 0 Å². The van der Waals surface area contributed by atoms with Crippen LogP contribution in [0, 0.1) is 0 Å². The highest BCUT2D eigenvalue weighted by Crippen LogP contribution is 2.32. The van der Waals surface area contributed by atoms with E-state index in [-0.39, 0.29) is 17.1 Å². The molecule has 1 aliphatic heterocycles. The number of amides is 1. The van der Waals surface area contributed by atoms with Crippen molar-refractivity contribution in [3.8, 4) is 5.75 Å². The highest BCUT2D eigenvalue weighted by atomic mass is 16.4. The number of aromatic hydroxyl groups is 1. The number of benzene rings is 2. The van der Waals surface area contributed by atoms with E-state index in [1.165, 1.54) is 0 Å². The number of fused-ring (bicyclic) bond motifs is 2. The van der Waals surface area contributed by atoms with Gasteiger partial charge in [-0.1, -0.05) is 51.1 Å². The number of rotatable bonds is 1. The minimum absolute atomic E-state index is 0.0365. The number of nitrogens with zero attached hydrogens (tertiary/aromatic N) is 2. The Morgan fingerprint density at radius 1 is 1.19 bits per heavy atom. The second-order valence-electron chi connectivity index (χ2n) is 7.80. The maximum atomic E-state index is 13.0. The molecule has 5 nitrogen and oxygen atoms in total. The topological polar surface area (TPSA) is 66.6 Å². The second-order valence-corrected chi connectivity index (χ2v) is 7.80. The lowest BCUT2D eigenvalue weighted by Gasteiger charge is -2.25. The fraction of sp³-hybridized carbons (Fsp3) is 0.333. The molecule has 0 radical (unpaired) electrons. The molecular weight excluding hydrogens is 328 g/mol. The van der Waals surface area contributed by atoms with Crippen LogP contribution in [-0.4, -0.2) is 27.4 Å². The molecule has 3 aromatic rings. The number of hydrogen-bond acceptors (Lipinski definition) is 4. The molecule has 0 atom stereocenters. The Hall–Kier alpha value is -2.82. The van der Waals surface area contributed by atoms with E-state index in [0.717, 1.165) is 16.8 Å². The third-order valence-corrected chi connectivity index (χ3v) is 4.79. The molecule has 0 saturated carbocycles. The van der Waals surface area contributed by atoms with E-state index in [0.29, 0.717) is 36.4 Å². The summed E-state index contributed by atoms with van der Waals surface area (Å²) in [6.07, 6.45) is 0.637. The standard InChI is InChI=1S/C21H22N2O3/c1-21(2,3)20-22-16-12-23(11-10-17(16)26-20)19(25)15-9-8-13-6-4-5-7-14(13)18(15)24/h4-9,24H,10-12H2,1-3H3. The third-order valence-electron chi connectivity index (χ3n) is 4.79. The maximum absolute atomic E-state index is 13.0. The lowest BCUT2D eigenvalue weighted by molar-refractivity contribution is 0.0725. The van der Waals surface area contributed by atoms with E-state index in [1.807, 2.05) is 30.3 Å². The molecule has 134 valence electrons. The first-order valence-corrected chi connectivity index (χ1v) is 8.83. The zero-order chi connectivity index (χ0) is 18.5. The fourth-order valence-electron chi connectivity index (χ4n) is 3.29. The summed E-state index contributed by atoms with van der Waals surface area (Å²) in [5.41, 5.74) is 0.976. The van der Waals surface area contributed by atoms with Gasteiger partial charge in [-0.15, -0.1) is 0 Å². The summed E-state index contributed by atoms with van der Waals surface area (Å²) in [6.45, 7) is 7.12. The van der Waals surface area contributed by atoms with Crippen LogP contribution in [0.15, 0.2) is 40.8 Å². The van der Waals surface area contributed by atoms with Crippen molar-refractivity contribution < 1.29 is 14.3 Å². The number of phenols is 1. The predicted molar refractivity (Wildman–Crippen MR) is 99.3 cm³/mol. The van der Waals surface area contributed by atoms with Crippen LogP contribution in [-0.2, 0) is 18.4 Å². The van der Waals surface area contributed by atoms with E-state index in [1.54, 1.807) is 11.0 Å². The maximum Gasteiger partial charge on any atom is 0.258 e. The van der Waals surface area contributed by atoms with Gasteiger partial charge in [-0.05, 0) is 11.5 Å². The second kappa shape index (κ2) is 5.87. The van der Waals surface area contributed by atoms with Crippen LogP contribution in [0.1, 0.15) is 48.5 Å². The van der Waals surface area contributed by atoms with Gasteiger partial charge in [0, 0.05) is 23.8 Å². The molecular formula is C21H22N2O3. The van der Waals surface area contributed by atoms with E-state index in [4.69, 9.17) is 4.42 Å². The summed E-state index contributed by atoms with van der Waals surface area (Å²) in [5.74, 6) is 1.42. The lowest BCUT2D eigenvalue weighted by Crippen LogP contribution is -2.35. The highest BCUT2D eigenvalue weighted by Gasteiger charge is 2.30. The molecule has 1 amide bonds. The number of aromatic nitrogens is 1. The summed E-state index contributed by atoms with van der Waals surface area (Å²) < 4.78 is 5.89. The zero-order valence-corrected chi connectivity index (χ0v) is 15.2. The van der Waals surface area contributed by atoms with E-state index >= 15 is 0 Å².